The lowest BCUT2D eigenvalue weighted by atomic mass is 10.1. The van der Waals surface area contributed by atoms with Crippen LogP contribution < -0.4 is 5.32 Å². The van der Waals surface area contributed by atoms with E-state index in [4.69, 9.17) is 4.74 Å². The first-order valence-electron chi connectivity index (χ1n) is 4.50. The van der Waals surface area contributed by atoms with E-state index in [-0.39, 0.29) is 0 Å². The van der Waals surface area contributed by atoms with Crippen LogP contribution in [0.2, 0.25) is 0 Å². The molecule has 0 fully saturated rings. The van der Waals surface area contributed by atoms with Crippen molar-refractivity contribution in [3.8, 4) is 0 Å². The van der Waals surface area contributed by atoms with Crippen LogP contribution in [0.5, 0.6) is 0 Å². The number of hydrogen-bond donors (Lipinski definition) is 1. The molecule has 13 heavy (non-hydrogen) atoms. The summed E-state index contributed by atoms with van der Waals surface area (Å²) in [6, 6.07) is 0. The van der Waals surface area contributed by atoms with Gasteiger partial charge in [-0.05, 0) is 47.6 Å². The van der Waals surface area contributed by atoms with Crippen molar-refractivity contribution in [1.82, 2.24) is 5.32 Å². The number of hydrogen-bond acceptors (Lipinski definition) is 2. The van der Waals surface area contributed by atoms with E-state index in [1.165, 1.54) is 9.28 Å². The molecule has 0 unspecified atom stereocenters. The summed E-state index contributed by atoms with van der Waals surface area (Å²) < 4.78 is 6.86. The molecular weight excluding hydrogens is 277 g/mol. The van der Waals surface area contributed by atoms with Gasteiger partial charge in [0, 0.05) is 10.1 Å². The summed E-state index contributed by atoms with van der Waals surface area (Å²) in [4.78, 5) is 0. The summed E-state index contributed by atoms with van der Waals surface area (Å²) in [5.74, 6) is 1.02. The lowest BCUT2D eigenvalue weighted by Gasteiger charge is -2.21. The van der Waals surface area contributed by atoms with Gasteiger partial charge in [0.1, 0.15) is 12.4 Å². The third kappa shape index (κ3) is 2.27. The number of ether oxygens (including phenoxy) is 1. The molecule has 0 spiro atoms. The van der Waals surface area contributed by atoms with Crippen LogP contribution in [0, 0.1) is 0 Å². The second-order valence-corrected chi connectivity index (χ2v) is 4.32. The highest BCUT2D eigenvalue weighted by atomic mass is 127. The molecule has 0 radical (unpaired) electrons. The van der Waals surface area contributed by atoms with Gasteiger partial charge in [-0.3, -0.25) is 0 Å². The highest BCUT2D eigenvalue weighted by molar-refractivity contribution is 14.1. The van der Waals surface area contributed by atoms with E-state index in [0.29, 0.717) is 0 Å². The van der Waals surface area contributed by atoms with Crippen LogP contribution in [0.25, 0.3) is 0 Å². The predicted molar refractivity (Wildman–Crippen MR) is 61.5 cm³/mol. The van der Waals surface area contributed by atoms with Crippen molar-refractivity contribution >= 4 is 22.6 Å². The lowest BCUT2D eigenvalue weighted by molar-refractivity contribution is 0.201. The molecule has 1 heterocycles. The Balaban J connectivity index is 2.23. The Bertz CT molecular complexity index is 291. The van der Waals surface area contributed by atoms with Crippen molar-refractivity contribution in [3.63, 3.8) is 0 Å². The molecule has 3 heteroatoms. The van der Waals surface area contributed by atoms with E-state index in [9.17, 15) is 0 Å². The molecule has 0 aromatic heterocycles. The Hall–Kier alpha value is -0.450. The average molecular weight is 289 g/mol. The number of rotatable bonds is 0. The van der Waals surface area contributed by atoms with Crippen molar-refractivity contribution < 1.29 is 4.74 Å². The van der Waals surface area contributed by atoms with Gasteiger partial charge < -0.3 is 10.1 Å². The zero-order valence-corrected chi connectivity index (χ0v) is 9.50. The van der Waals surface area contributed by atoms with Gasteiger partial charge in [-0.25, -0.2) is 0 Å². The average Bonchev–Trinajstić information content (AvgIpc) is 2.13. The smallest absolute Gasteiger partial charge is 0.138 e. The molecule has 2 nitrogen and oxygen atoms in total. The molecule has 0 saturated carbocycles. The van der Waals surface area contributed by atoms with Gasteiger partial charge in [0.25, 0.3) is 0 Å². The molecule has 0 aromatic carbocycles. The maximum Gasteiger partial charge on any atom is 0.138 e. The van der Waals surface area contributed by atoms with Crippen LogP contribution in [0.15, 0.2) is 33.3 Å². The van der Waals surface area contributed by atoms with E-state index in [1.807, 2.05) is 0 Å². The molecule has 0 bridgehead atoms. The first-order valence-corrected chi connectivity index (χ1v) is 5.58. The monoisotopic (exact) mass is 289 g/mol. The molecule has 1 N–H and O–H groups in total. The Morgan fingerprint density at radius 3 is 3.23 bits per heavy atom. The first kappa shape index (κ1) is 9.12. The van der Waals surface area contributed by atoms with E-state index in [1.54, 1.807) is 0 Å². The minimum Gasteiger partial charge on any atom is -0.490 e. The summed E-state index contributed by atoms with van der Waals surface area (Å²) in [5, 5.41) is 3.38. The number of allylic oxidation sites excluding steroid dienone is 5. The van der Waals surface area contributed by atoms with Gasteiger partial charge in [0.2, 0.25) is 0 Å². The summed E-state index contributed by atoms with van der Waals surface area (Å²) in [6.45, 7) is 1.72. The molecule has 0 saturated heterocycles. The standard InChI is InChI=1S/C10H12INO/c11-8-2-1-3-9-10(5-4-8)13-7-6-12-9/h2,4-5,12H,1,3,6-7H2. The third-order valence-corrected chi connectivity index (χ3v) is 2.92. The zero-order valence-electron chi connectivity index (χ0n) is 7.35. The molecule has 2 rings (SSSR count). The summed E-state index contributed by atoms with van der Waals surface area (Å²) in [5.41, 5.74) is 1.25. The van der Waals surface area contributed by atoms with Gasteiger partial charge in [-0.2, -0.15) is 0 Å². The highest BCUT2D eigenvalue weighted by Crippen LogP contribution is 2.21. The Morgan fingerprint density at radius 1 is 1.38 bits per heavy atom. The lowest BCUT2D eigenvalue weighted by Crippen LogP contribution is -2.26. The van der Waals surface area contributed by atoms with Crippen LogP contribution in [0.1, 0.15) is 12.8 Å². The van der Waals surface area contributed by atoms with E-state index in [2.05, 4.69) is 46.1 Å². The van der Waals surface area contributed by atoms with Crippen molar-refractivity contribution in [2.24, 2.45) is 0 Å². The predicted octanol–water partition coefficient (Wildman–Crippen LogP) is 2.49. The molecule has 70 valence electrons. The van der Waals surface area contributed by atoms with E-state index in [0.717, 1.165) is 31.8 Å². The molecule has 0 aromatic rings. The van der Waals surface area contributed by atoms with Gasteiger partial charge in [-0.15, -0.1) is 0 Å². The topological polar surface area (TPSA) is 21.3 Å². The van der Waals surface area contributed by atoms with Crippen LogP contribution in [0.3, 0.4) is 0 Å². The van der Waals surface area contributed by atoms with Crippen LogP contribution in [-0.2, 0) is 4.74 Å². The largest absolute Gasteiger partial charge is 0.490 e. The molecule has 1 aliphatic carbocycles. The van der Waals surface area contributed by atoms with Crippen molar-refractivity contribution in [1.29, 1.82) is 0 Å². The summed E-state index contributed by atoms with van der Waals surface area (Å²) in [7, 11) is 0. The van der Waals surface area contributed by atoms with Crippen molar-refractivity contribution in [2.75, 3.05) is 13.2 Å². The Labute approximate surface area is 91.9 Å². The minimum atomic E-state index is 0.781. The van der Waals surface area contributed by atoms with Gasteiger partial charge in [-0.1, -0.05) is 6.08 Å². The van der Waals surface area contributed by atoms with E-state index < -0.39 is 0 Å². The van der Waals surface area contributed by atoms with Crippen LogP contribution >= 0.6 is 22.6 Å². The first-order chi connectivity index (χ1) is 6.36. The molecule has 0 amide bonds. The fraction of sp³-hybridized carbons (Fsp3) is 0.400. The number of halogens is 1. The molecular formula is C10H12INO. The fourth-order valence-corrected chi connectivity index (χ4v) is 1.97. The normalized spacial score (nSPS) is 22.1. The Kier molecular flexibility index (Phi) is 2.93. The molecule has 1 aliphatic heterocycles. The highest BCUT2D eigenvalue weighted by Gasteiger charge is 2.11. The second kappa shape index (κ2) is 4.17. The second-order valence-electron chi connectivity index (χ2n) is 3.08. The van der Waals surface area contributed by atoms with Gasteiger partial charge in [0.05, 0.1) is 5.70 Å². The van der Waals surface area contributed by atoms with Gasteiger partial charge in [0.15, 0.2) is 0 Å². The van der Waals surface area contributed by atoms with Gasteiger partial charge >= 0.3 is 0 Å². The van der Waals surface area contributed by atoms with Crippen LogP contribution in [-0.4, -0.2) is 13.2 Å². The summed E-state index contributed by atoms with van der Waals surface area (Å²) in [6.07, 6.45) is 8.56. The Morgan fingerprint density at radius 2 is 2.31 bits per heavy atom. The van der Waals surface area contributed by atoms with Crippen molar-refractivity contribution in [3.05, 3.63) is 33.3 Å². The van der Waals surface area contributed by atoms with Crippen LogP contribution in [0.4, 0.5) is 0 Å². The number of nitrogens with one attached hydrogen (secondary N) is 1. The fourth-order valence-electron chi connectivity index (χ4n) is 1.48. The quantitative estimate of drug-likeness (QED) is 0.692. The van der Waals surface area contributed by atoms with Crippen molar-refractivity contribution in [2.45, 2.75) is 12.8 Å². The molecule has 0 atom stereocenters. The maximum absolute atomic E-state index is 5.57. The minimum absolute atomic E-state index is 0.781. The zero-order chi connectivity index (χ0) is 9.10. The summed E-state index contributed by atoms with van der Waals surface area (Å²) >= 11 is 2.34. The van der Waals surface area contributed by atoms with E-state index >= 15 is 0 Å². The molecule has 2 aliphatic rings. The third-order valence-electron chi connectivity index (χ3n) is 2.12. The maximum atomic E-state index is 5.57. The SMILES string of the molecule is IC1=CCCC2=C(C=C1)OCCN2.